The van der Waals surface area contributed by atoms with E-state index < -0.39 is 22.4 Å². The molecule has 0 atom stereocenters. The molecule has 1 aromatic rings. The van der Waals surface area contributed by atoms with Crippen LogP contribution in [-0.4, -0.2) is 42.2 Å². The average molecular weight is 352 g/mol. The first-order valence-electron chi connectivity index (χ1n) is 8.15. The van der Waals surface area contributed by atoms with Crippen molar-refractivity contribution in [1.82, 2.24) is 5.32 Å². The maximum absolute atomic E-state index is 12.6. The first-order chi connectivity index (χ1) is 11.8. The van der Waals surface area contributed by atoms with Crippen LogP contribution in [0.5, 0.6) is 0 Å². The zero-order chi connectivity index (χ0) is 19.0. The summed E-state index contributed by atoms with van der Waals surface area (Å²) in [7, 11) is 0. The van der Waals surface area contributed by atoms with E-state index in [1.54, 1.807) is 33.8 Å². The van der Waals surface area contributed by atoms with E-state index in [1.165, 1.54) is 12.1 Å². The molecule has 0 aliphatic carbocycles. The molecule has 0 radical (unpaired) electrons. The Morgan fingerprint density at radius 2 is 1.72 bits per heavy atom. The molecular weight excluding hydrogens is 328 g/mol. The molecule has 8 heteroatoms. The summed E-state index contributed by atoms with van der Waals surface area (Å²) < 4.78 is 10.2. The number of hydrogen-bond donors (Lipinski definition) is 1. The Hall–Kier alpha value is -2.48. The van der Waals surface area contributed by atoms with Crippen molar-refractivity contribution in [2.24, 2.45) is 0 Å². The second kappa shape index (κ2) is 9.12. The fraction of sp³-hybridized carbons (Fsp3) is 0.529. The number of likely N-dealkylation sites (N-methyl/N-ethyl adjacent to an activating group) is 1. The van der Waals surface area contributed by atoms with Gasteiger partial charge < -0.3 is 9.47 Å². The number of carbonyl (C=O) groups is 2. The normalized spacial score (nSPS) is 11.0. The molecule has 1 rings (SSSR count). The number of nitrogens with one attached hydrogen (secondary N) is 1. The molecule has 0 aromatic heterocycles. The molecule has 8 nitrogen and oxygen atoms in total. The van der Waals surface area contributed by atoms with Gasteiger partial charge in [0, 0.05) is 18.6 Å². The molecular formula is C17H24N2O6. The average Bonchev–Trinajstić information content (AvgIpc) is 2.56. The lowest BCUT2D eigenvalue weighted by Crippen LogP contribution is -2.61. The zero-order valence-corrected chi connectivity index (χ0v) is 15.0. The van der Waals surface area contributed by atoms with Crippen molar-refractivity contribution < 1.29 is 24.0 Å². The zero-order valence-electron chi connectivity index (χ0n) is 15.0. The van der Waals surface area contributed by atoms with E-state index in [2.05, 4.69) is 5.32 Å². The van der Waals surface area contributed by atoms with Gasteiger partial charge in [-0.2, -0.15) is 0 Å². The fourth-order valence-electron chi connectivity index (χ4n) is 2.49. The Morgan fingerprint density at radius 1 is 1.16 bits per heavy atom. The van der Waals surface area contributed by atoms with Crippen molar-refractivity contribution in [1.29, 1.82) is 0 Å². The number of hydrogen-bond acceptors (Lipinski definition) is 7. The van der Waals surface area contributed by atoms with Crippen LogP contribution in [0.2, 0.25) is 0 Å². The molecule has 1 N–H and O–H groups in total. The predicted molar refractivity (Wildman–Crippen MR) is 91.2 cm³/mol. The van der Waals surface area contributed by atoms with Gasteiger partial charge in [0.05, 0.1) is 18.1 Å². The number of non-ortho nitro benzene ring substituents is 1. The van der Waals surface area contributed by atoms with Gasteiger partial charge in [-0.1, -0.05) is 13.0 Å². The molecule has 0 saturated heterocycles. The fourth-order valence-corrected chi connectivity index (χ4v) is 2.49. The van der Waals surface area contributed by atoms with E-state index in [9.17, 15) is 19.7 Å². The minimum atomic E-state index is -1.75. The summed E-state index contributed by atoms with van der Waals surface area (Å²) in [5.74, 6) is -1.53. The summed E-state index contributed by atoms with van der Waals surface area (Å²) in [6.45, 7) is 7.28. The third kappa shape index (κ3) is 4.76. The molecule has 0 aliphatic heterocycles. The maximum atomic E-state index is 12.6. The summed E-state index contributed by atoms with van der Waals surface area (Å²) in [4.78, 5) is 35.7. The number of benzene rings is 1. The van der Waals surface area contributed by atoms with Crippen LogP contribution in [-0.2, 0) is 25.5 Å². The van der Waals surface area contributed by atoms with Gasteiger partial charge in [-0.05, 0) is 38.4 Å². The number of carbonyl (C=O) groups excluding carboxylic acids is 2. The highest BCUT2D eigenvalue weighted by Gasteiger charge is 2.48. The van der Waals surface area contributed by atoms with Crippen LogP contribution in [0.4, 0.5) is 5.69 Å². The van der Waals surface area contributed by atoms with Gasteiger partial charge in [0.15, 0.2) is 0 Å². The van der Waals surface area contributed by atoms with Gasteiger partial charge in [0.25, 0.3) is 5.69 Å². The van der Waals surface area contributed by atoms with Gasteiger partial charge in [-0.3, -0.25) is 15.4 Å². The molecule has 0 amide bonds. The van der Waals surface area contributed by atoms with Crippen LogP contribution in [0.1, 0.15) is 31.9 Å². The lowest BCUT2D eigenvalue weighted by Gasteiger charge is -2.30. The quantitative estimate of drug-likeness (QED) is 0.313. The topological polar surface area (TPSA) is 108 Å². The predicted octanol–water partition coefficient (Wildman–Crippen LogP) is 1.92. The largest absolute Gasteiger partial charge is 0.464 e. The van der Waals surface area contributed by atoms with E-state index in [0.29, 0.717) is 12.1 Å². The van der Waals surface area contributed by atoms with Gasteiger partial charge in [0.1, 0.15) is 0 Å². The Morgan fingerprint density at radius 3 is 2.16 bits per heavy atom. The molecule has 1 aromatic carbocycles. The Bertz CT molecular complexity index is 626. The number of nitro benzene ring substituents is 1. The Kier molecular flexibility index (Phi) is 7.50. The molecule has 0 fully saturated rings. The molecule has 0 unspecified atom stereocenters. The first-order valence-corrected chi connectivity index (χ1v) is 8.15. The molecule has 0 heterocycles. The van der Waals surface area contributed by atoms with E-state index in [0.717, 1.165) is 5.56 Å². The highest BCUT2D eigenvalue weighted by Crippen LogP contribution is 2.24. The lowest BCUT2D eigenvalue weighted by molar-refractivity contribution is -0.384. The molecule has 0 spiro atoms. The molecule has 0 bridgehead atoms. The van der Waals surface area contributed by atoms with Crippen LogP contribution in [0, 0.1) is 17.0 Å². The van der Waals surface area contributed by atoms with E-state index in [4.69, 9.17) is 9.47 Å². The second-order valence-electron chi connectivity index (χ2n) is 5.42. The SMILES string of the molecule is CCNC(Cc1cc([N+](=O)[O-])ccc1C)(C(=O)OCC)C(=O)OCC. The third-order valence-corrected chi connectivity index (χ3v) is 3.73. The van der Waals surface area contributed by atoms with E-state index in [1.807, 2.05) is 0 Å². The van der Waals surface area contributed by atoms with Crippen LogP contribution in [0.15, 0.2) is 18.2 Å². The van der Waals surface area contributed by atoms with Gasteiger partial charge in [0.2, 0.25) is 5.54 Å². The number of ether oxygens (including phenoxy) is 2. The van der Waals surface area contributed by atoms with Gasteiger partial charge in [-0.25, -0.2) is 9.59 Å². The Balaban J connectivity index is 3.41. The van der Waals surface area contributed by atoms with E-state index >= 15 is 0 Å². The van der Waals surface area contributed by atoms with Crippen LogP contribution in [0.3, 0.4) is 0 Å². The first kappa shape index (κ1) is 20.6. The molecule has 138 valence electrons. The van der Waals surface area contributed by atoms with Crippen molar-refractivity contribution in [3.63, 3.8) is 0 Å². The number of aryl methyl sites for hydroxylation is 1. The van der Waals surface area contributed by atoms with Crippen molar-refractivity contribution in [3.8, 4) is 0 Å². The van der Waals surface area contributed by atoms with Gasteiger partial charge >= 0.3 is 11.9 Å². The maximum Gasteiger partial charge on any atom is 0.338 e. The smallest absolute Gasteiger partial charge is 0.338 e. The summed E-state index contributed by atoms with van der Waals surface area (Å²) in [6, 6.07) is 4.32. The van der Waals surface area contributed by atoms with Crippen molar-refractivity contribution in [2.75, 3.05) is 19.8 Å². The summed E-state index contributed by atoms with van der Waals surface area (Å²) in [5.41, 5.74) is -0.641. The van der Waals surface area contributed by atoms with Crippen molar-refractivity contribution >= 4 is 17.6 Å². The van der Waals surface area contributed by atoms with Crippen LogP contribution < -0.4 is 5.32 Å². The number of nitrogens with zero attached hydrogens (tertiary/aromatic N) is 1. The summed E-state index contributed by atoms with van der Waals surface area (Å²) in [6.07, 6.45) is -0.105. The summed E-state index contributed by atoms with van der Waals surface area (Å²) in [5, 5.41) is 13.9. The molecule has 0 saturated carbocycles. The minimum absolute atomic E-state index is 0.0965. The van der Waals surface area contributed by atoms with Crippen LogP contribution in [0.25, 0.3) is 0 Å². The molecule has 0 aliphatic rings. The summed E-state index contributed by atoms with van der Waals surface area (Å²) >= 11 is 0. The number of esters is 2. The third-order valence-electron chi connectivity index (χ3n) is 3.73. The lowest BCUT2D eigenvalue weighted by atomic mass is 9.88. The highest BCUT2D eigenvalue weighted by atomic mass is 16.6. The van der Waals surface area contributed by atoms with Gasteiger partial charge in [-0.15, -0.1) is 0 Å². The highest BCUT2D eigenvalue weighted by molar-refractivity contribution is 6.05. The Labute approximate surface area is 146 Å². The van der Waals surface area contributed by atoms with Crippen molar-refractivity contribution in [3.05, 3.63) is 39.4 Å². The van der Waals surface area contributed by atoms with Crippen LogP contribution >= 0.6 is 0 Å². The number of nitro groups is 1. The monoisotopic (exact) mass is 352 g/mol. The number of rotatable bonds is 9. The second-order valence-corrected chi connectivity index (χ2v) is 5.42. The standard InChI is InChI=1S/C17H24N2O6/c1-5-18-17(15(20)24-6-2,16(21)25-7-3)11-13-10-14(19(22)23)9-8-12(13)4/h8-10,18H,5-7,11H2,1-4H3. The van der Waals surface area contributed by atoms with E-state index in [-0.39, 0.29) is 25.3 Å². The van der Waals surface area contributed by atoms with Crippen molar-refractivity contribution in [2.45, 2.75) is 39.7 Å². The molecule has 25 heavy (non-hydrogen) atoms. The minimum Gasteiger partial charge on any atom is -0.464 e.